The Labute approximate surface area is 124 Å². The van der Waals surface area contributed by atoms with Crippen LogP contribution in [0.3, 0.4) is 0 Å². The zero-order valence-corrected chi connectivity index (χ0v) is 13.2. The second-order valence-electron chi connectivity index (χ2n) is 5.92. The van der Waals surface area contributed by atoms with E-state index < -0.39 is 0 Å². The number of benzene rings is 1. The number of hydrogen-bond acceptors (Lipinski definition) is 2. The number of fused-ring (bicyclic) bond motifs is 2. The third-order valence-corrected chi connectivity index (χ3v) is 5.26. The fourth-order valence-corrected chi connectivity index (χ4v) is 3.84. The summed E-state index contributed by atoms with van der Waals surface area (Å²) in [6.45, 7) is 6.20. The third-order valence-electron chi connectivity index (χ3n) is 4.73. The van der Waals surface area contributed by atoms with E-state index in [1.165, 1.54) is 38.0 Å². The molecule has 0 saturated carbocycles. The van der Waals surface area contributed by atoms with Gasteiger partial charge in [0.05, 0.1) is 0 Å². The van der Waals surface area contributed by atoms with Gasteiger partial charge in [0.2, 0.25) is 0 Å². The van der Waals surface area contributed by atoms with Gasteiger partial charge in [0.25, 0.3) is 0 Å². The molecule has 1 aromatic carbocycles. The second-order valence-corrected chi connectivity index (χ2v) is 6.84. The van der Waals surface area contributed by atoms with Crippen molar-refractivity contribution in [2.75, 3.05) is 19.6 Å². The molecule has 0 spiro atoms. The van der Waals surface area contributed by atoms with Crippen LogP contribution in [0.15, 0.2) is 28.7 Å². The summed E-state index contributed by atoms with van der Waals surface area (Å²) in [6.07, 6.45) is 3.86. The Morgan fingerprint density at radius 1 is 1.26 bits per heavy atom. The molecular weight excluding hydrogens is 300 g/mol. The lowest BCUT2D eigenvalue weighted by molar-refractivity contribution is 0.208. The summed E-state index contributed by atoms with van der Waals surface area (Å²) in [5, 5.41) is 3.93. The Bertz CT molecular complexity index is 417. The molecule has 3 heteroatoms. The number of hydrogen-bond donors (Lipinski definition) is 1. The Hall–Kier alpha value is -0.380. The number of nitrogens with zero attached hydrogens (tertiary/aromatic N) is 1. The maximum absolute atomic E-state index is 3.93. The molecule has 4 atom stereocenters. The molecule has 2 bridgehead atoms. The predicted octanol–water partition coefficient (Wildman–Crippen LogP) is 3.58. The van der Waals surface area contributed by atoms with E-state index in [1.807, 2.05) is 0 Å². The lowest BCUT2D eigenvalue weighted by Gasteiger charge is -2.34. The maximum Gasteiger partial charge on any atom is 0.0320 e. The minimum Gasteiger partial charge on any atom is -0.307 e. The van der Waals surface area contributed by atoms with Crippen LogP contribution in [0, 0.1) is 5.92 Å². The molecule has 2 nitrogen and oxygen atoms in total. The van der Waals surface area contributed by atoms with Crippen molar-refractivity contribution in [3.05, 3.63) is 34.3 Å². The molecule has 2 aliphatic rings. The summed E-state index contributed by atoms with van der Waals surface area (Å²) < 4.78 is 1.16. The molecule has 19 heavy (non-hydrogen) atoms. The molecule has 0 aromatic heterocycles. The first-order valence-corrected chi connectivity index (χ1v) is 8.29. The van der Waals surface area contributed by atoms with Gasteiger partial charge < -0.3 is 10.2 Å². The van der Waals surface area contributed by atoms with E-state index in [-0.39, 0.29) is 0 Å². The van der Waals surface area contributed by atoms with Gasteiger partial charge >= 0.3 is 0 Å². The van der Waals surface area contributed by atoms with E-state index >= 15 is 0 Å². The quantitative estimate of drug-likeness (QED) is 0.911. The zero-order valence-electron chi connectivity index (χ0n) is 11.6. The van der Waals surface area contributed by atoms with E-state index in [4.69, 9.17) is 0 Å². The highest BCUT2D eigenvalue weighted by Gasteiger charge is 2.34. The highest BCUT2D eigenvalue weighted by molar-refractivity contribution is 9.10. The van der Waals surface area contributed by atoms with Gasteiger partial charge in [-0.15, -0.1) is 0 Å². The van der Waals surface area contributed by atoms with Gasteiger partial charge in [-0.05, 0) is 56.0 Å². The van der Waals surface area contributed by atoms with Crippen LogP contribution in [-0.2, 0) is 0 Å². The first-order chi connectivity index (χ1) is 9.26. The van der Waals surface area contributed by atoms with Crippen molar-refractivity contribution in [2.24, 2.45) is 5.92 Å². The van der Waals surface area contributed by atoms with E-state index in [0.29, 0.717) is 12.1 Å². The molecule has 0 aliphatic carbocycles. The summed E-state index contributed by atoms with van der Waals surface area (Å²) >= 11 is 3.52. The highest BCUT2D eigenvalue weighted by Crippen LogP contribution is 2.30. The molecule has 1 N–H and O–H groups in total. The van der Waals surface area contributed by atoms with Crippen molar-refractivity contribution in [3.8, 4) is 0 Å². The van der Waals surface area contributed by atoms with E-state index in [9.17, 15) is 0 Å². The van der Waals surface area contributed by atoms with E-state index in [2.05, 4.69) is 57.3 Å². The molecular formula is C16H23BrN2. The van der Waals surface area contributed by atoms with Crippen molar-refractivity contribution in [1.29, 1.82) is 0 Å². The molecule has 2 heterocycles. The Morgan fingerprint density at radius 2 is 2.00 bits per heavy atom. The van der Waals surface area contributed by atoms with Gasteiger partial charge in [0.15, 0.2) is 0 Å². The van der Waals surface area contributed by atoms with Crippen molar-refractivity contribution >= 4 is 15.9 Å². The summed E-state index contributed by atoms with van der Waals surface area (Å²) in [5.41, 5.74) is 1.42. The second kappa shape index (κ2) is 5.94. The Kier molecular flexibility index (Phi) is 4.25. The SMILES string of the molecule is CCC(NC1CCN2CCC1C2)c1ccc(Br)cc1. The Morgan fingerprint density at radius 3 is 2.74 bits per heavy atom. The number of piperidine rings is 1. The minimum absolute atomic E-state index is 0.505. The highest BCUT2D eigenvalue weighted by atomic mass is 79.9. The number of halogens is 1. The van der Waals surface area contributed by atoms with Gasteiger partial charge in [-0.1, -0.05) is 35.0 Å². The molecule has 3 rings (SSSR count). The minimum atomic E-state index is 0.505. The first-order valence-electron chi connectivity index (χ1n) is 7.50. The van der Waals surface area contributed by atoms with E-state index in [0.717, 1.165) is 16.8 Å². The Balaban J connectivity index is 1.67. The number of rotatable bonds is 4. The fraction of sp³-hybridized carbons (Fsp3) is 0.625. The summed E-state index contributed by atoms with van der Waals surface area (Å²) in [4.78, 5) is 2.61. The summed E-state index contributed by atoms with van der Waals surface area (Å²) in [7, 11) is 0. The smallest absolute Gasteiger partial charge is 0.0320 e. The number of nitrogens with one attached hydrogen (secondary N) is 1. The van der Waals surface area contributed by atoms with Gasteiger partial charge in [-0.3, -0.25) is 0 Å². The third kappa shape index (κ3) is 3.04. The average Bonchev–Trinajstić information content (AvgIpc) is 2.82. The molecule has 2 fully saturated rings. The molecule has 2 saturated heterocycles. The van der Waals surface area contributed by atoms with Crippen LogP contribution in [-0.4, -0.2) is 30.6 Å². The first kappa shape index (κ1) is 13.6. The van der Waals surface area contributed by atoms with Crippen molar-refractivity contribution in [1.82, 2.24) is 10.2 Å². The van der Waals surface area contributed by atoms with Crippen LogP contribution in [0.4, 0.5) is 0 Å². The molecule has 104 valence electrons. The topological polar surface area (TPSA) is 15.3 Å². The normalized spacial score (nSPS) is 31.4. The van der Waals surface area contributed by atoms with Crippen LogP contribution >= 0.6 is 15.9 Å². The monoisotopic (exact) mass is 322 g/mol. The lowest BCUT2D eigenvalue weighted by atomic mass is 9.92. The van der Waals surface area contributed by atoms with Crippen LogP contribution in [0.25, 0.3) is 0 Å². The summed E-state index contributed by atoms with van der Waals surface area (Å²) in [6, 6.07) is 10.0. The molecule has 0 amide bonds. The van der Waals surface area contributed by atoms with Gasteiger partial charge in [-0.25, -0.2) is 0 Å². The van der Waals surface area contributed by atoms with Crippen LogP contribution < -0.4 is 5.32 Å². The summed E-state index contributed by atoms with van der Waals surface area (Å²) in [5.74, 6) is 0.873. The van der Waals surface area contributed by atoms with Crippen LogP contribution in [0.1, 0.15) is 37.8 Å². The van der Waals surface area contributed by atoms with E-state index in [1.54, 1.807) is 0 Å². The predicted molar refractivity (Wildman–Crippen MR) is 83.3 cm³/mol. The maximum atomic E-state index is 3.93. The molecule has 0 radical (unpaired) electrons. The van der Waals surface area contributed by atoms with Crippen molar-refractivity contribution in [3.63, 3.8) is 0 Å². The van der Waals surface area contributed by atoms with Gasteiger partial charge in [-0.2, -0.15) is 0 Å². The largest absolute Gasteiger partial charge is 0.307 e. The average molecular weight is 323 g/mol. The van der Waals surface area contributed by atoms with Gasteiger partial charge in [0, 0.05) is 23.1 Å². The zero-order chi connectivity index (χ0) is 13.2. The molecule has 2 aliphatic heterocycles. The van der Waals surface area contributed by atoms with Crippen molar-refractivity contribution in [2.45, 2.75) is 38.3 Å². The lowest BCUT2D eigenvalue weighted by Crippen LogP contribution is -2.45. The standard InChI is InChI=1S/C16H23BrN2/c1-2-15(12-3-5-14(17)6-4-12)18-16-8-10-19-9-7-13(16)11-19/h3-6,13,15-16,18H,2,7-11H2,1H3. The fourth-order valence-electron chi connectivity index (χ4n) is 3.57. The van der Waals surface area contributed by atoms with Crippen molar-refractivity contribution < 1.29 is 0 Å². The van der Waals surface area contributed by atoms with Crippen LogP contribution in [0.5, 0.6) is 0 Å². The molecule has 1 aromatic rings. The molecule has 4 unspecified atom stereocenters. The van der Waals surface area contributed by atoms with Gasteiger partial charge in [0.1, 0.15) is 0 Å². The van der Waals surface area contributed by atoms with Crippen LogP contribution in [0.2, 0.25) is 0 Å².